The van der Waals surface area contributed by atoms with Crippen molar-refractivity contribution in [3.63, 3.8) is 0 Å². The van der Waals surface area contributed by atoms with Crippen molar-refractivity contribution >= 4 is 11.5 Å². The summed E-state index contributed by atoms with van der Waals surface area (Å²) in [5, 5.41) is 3.09. The van der Waals surface area contributed by atoms with Gasteiger partial charge in [0, 0.05) is 38.6 Å². The van der Waals surface area contributed by atoms with Crippen LogP contribution in [0.4, 0.5) is 11.5 Å². The van der Waals surface area contributed by atoms with Gasteiger partial charge < -0.3 is 15.2 Å². The molecule has 0 aliphatic carbocycles. The number of likely N-dealkylation sites (N-methyl/N-ethyl adjacent to an activating group) is 1. The van der Waals surface area contributed by atoms with Crippen molar-refractivity contribution in [1.82, 2.24) is 20.3 Å². The molecule has 5 nitrogen and oxygen atoms in total. The molecule has 90 valence electrons. The summed E-state index contributed by atoms with van der Waals surface area (Å²) in [6.45, 7) is 0.886. The first-order valence-corrected chi connectivity index (χ1v) is 5.64. The van der Waals surface area contributed by atoms with Gasteiger partial charge in [-0.1, -0.05) is 0 Å². The van der Waals surface area contributed by atoms with Crippen LogP contribution in [-0.2, 0) is 6.42 Å². The van der Waals surface area contributed by atoms with E-state index in [1.807, 2.05) is 43.5 Å². The lowest BCUT2D eigenvalue weighted by atomic mass is 10.3. The first-order valence-electron chi connectivity index (χ1n) is 5.64. The van der Waals surface area contributed by atoms with E-state index in [1.54, 1.807) is 6.20 Å². The molecule has 2 rings (SSSR count). The highest BCUT2D eigenvalue weighted by molar-refractivity contribution is 5.57. The van der Waals surface area contributed by atoms with Crippen LogP contribution in [0.25, 0.3) is 0 Å². The molecule has 0 radical (unpaired) electrons. The minimum Gasteiger partial charge on any atom is -0.366 e. The Morgan fingerprint density at radius 1 is 1.41 bits per heavy atom. The fourth-order valence-electron chi connectivity index (χ4n) is 1.59. The monoisotopic (exact) mass is 231 g/mol. The van der Waals surface area contributed by atoms with Crippen molar-refractivity contribution < 1.29 is 0 Å². The Labute approximate surface area is 101 Å². The average Bonchev–Trinajstić information content (AvgIpc) is 2.89. The second kappa shape index (κ2) is 5.45. The van der Waals surface area contributed by atoms with Crippen molar-refractivity contribution in [2.45, 2.75) is 6.42 Å². The molecule has 0 aliphatic heterocycles. The number of aromatic amines is 1. The van der Waals surface area contributed by atoms with Crippen molar-refractivity contribution in [3.8, 4) is 0 Å². The Morgan fingerprint density at radius 3 is 3.00 bits per heavy atom. The van der Waals surface area contributed by atoms with Crippen molar-refractivity contribution in [2.75, 3.05) is 25.5 Å². The van der Waals surface area contributed by atoms with Gasteiger partial charge in [-0.25, -0.2) is 9.97 Å². The molecular weight excluding hydrogens is 214 g/mol. The van der Waals surface area contributed by atoms with Gasteiger partial charge in [-0.3, -0.25) is 0 Å². The largest absolute Gasteiger partial charge is 0.366 e. The highest BCUT2D eigenvalue weighted by atomic mass is 15.2. The third kappa shape index (κ3) is 2.82. The lowest BCUT2D eigenvalue weighted by Gasteiger charge is -2.16. The van der Waals surface area contributed by atoms with E-state index in [0.29, 0.717) is 0 Å². The highest BCUT2D eigenvalue weighted by Gasteiger charge is 2.06. The SMILES string of the molecule is CNCCc1nccc(N(C)c2cc[nH]c2)n1. The molecule has 2 aromatic rings. The Balaban J connectivity index is 2.15. The molecule has 0 bridgehead atoms. The zero-order valence-corrected chi connectivity index (χ0v) is 10.1. The number of nitrogens with zero attached hydrogens (tertiary/aromatic N) is 3. The van der Waals surface area contributed by atoms with Crippen LogP contribution in [0.1, 0.15) is 5.82 Å². The van der Waals surface area contributed by atoms with Gasteiger partial charge in [0.05, 0.1) is 5.69 Å². The zero-order valence-electron chi connectivity index (χ0n) is 10.1. The van der Waals surface area contributed by atoms with Crippen molar-refractivity contribution in [2.24, 2.45) is 0 Å². The lowest BCUT2D eigenvalue weighted by Crippen LogP contribution is -2.15. The van der Waals surface area contributed by atoms with Crippen LogP contribution in [0.2, 0.25) is 0 Å². The first kappa shape index (κ1) is 11.6. The number of aromatic nitrogens is 3. The number of anilines is 2. The summed E-state index contributed by atoms with van der Waals surface area (Å²) in [6.07, 6.45) is 6.48. The quantitative estimate of drug-likeness (QED) is 0.815. The van der Waals surface area contributed by atoms with Gasteiger partial charge in [-0.05, 0) is 19.2 Å². The van der Waals surface area contributed by atoms with E-state index in [2.05, 4.69) is 20.3 Å². The molecule has 0 saturated heterocycles. The van der Waals surface area contributed by atoms with E-state index >= 15 is 0 Å². The summed E-state index contributed by atoms with van der Waals surface area (Å²) >= 11 is 0. The first-order chi connectivity index (χ1) is 8.31. The lowest BCUT2D eigenvalue weighted by molar-refractivity contribution is 0.754. The zero-order chi connectivity index (χ0) is 12.1. The standard InChI is InChI=1S/C12H17N5/c1-13-6-4-11-15-8-5-12(16-11)17(2)10-3-7-14-9-10/h3,5,7-9,13-14H,4,6H2,1-2H3. The van der Waals surface area contributed by atoms with Crippen molar-refractivity contribution in [1.29, 1.82) is 0 Å². The molecule has 0 spiro atoms. The van der Waals surface area contributed by atoms with Crippen LogP contribution >= 0.6 is 0 Å². The molecule has 0 atom stereocenters. The minimum atomic E-state index is 0.839. The summed E-state index contributed by atoms with van der Waals surface area (Å²) in [6, 6.07) is 3.92. The number of rotatable bonds is 5. The van der Waals surface area contributed by atoms with Gasteiger partial charge >= 0.3 is 0 Å². The number of hydrogen-bond acceptors (Lipinski definition) is 4. The van der Waals surface area contributed by atoms with Gasteiger partial charge in [-0.15, -0.1) is 0 Å². The van der Waals surface area contributed by atoms with Gasteiger partial charge in [0.25, 0.3) is 0 Å². The molecule has 0 aromatic carbocycles. The van der Waals surface area contributed by atoms with E-state index in [9.17, 15) is 0 Å². The summed E-state index contributed by atoms with van der Waals surface area (Å²) in [4.78, 5) is 13.8. The number of hydrogen-bond donors (Lipinski definition) is 2. The smallest absolute Gasteiger partial charge is 0.136 e. The summed E-state index contributed by atoms with van der Waals surface area (Å²) in [5.74, 6) is 1.77. The van der Waals surface area contributed by atoms with Crippen LogP contribution in [0, 0.1) is 0 Å². The van der Waals surface area contributed by atoms with E-state index in [4.69, 9.17) is 0 Å². The second-order valence-corrected chi connectivity index (χ2v) is 3.81. The van der Waals surface area contributed by atoms with E-state index in [-0.39, 0.29) is 0 Å². The number of H-pyrrole nitrogens is 1. The predicted molar refractivity (Wildman–Crippen MR) is 68.5 cm³/mol. The highest BCUT2D eigenvalue weighted by Crippen LogP contribution is 2.20. The molecule has 17 heavy (non-hydrogen) atoms. The Bertz CT molecular complexity index is 452. The van der Waals surface area contributed by atoms with Crippen LogP contribution in [0.5, 0.6) is 0 Å². The van der Waals surface area contributed by atoms with Gasteiger partial charge in [0.2, 0.25) is 0 Å². The fourth-order valence-corrected chi connectivity index (χ4v) is 1.59. The molecule has 0 fully saturated rings. The third-order valence-corrected chi connectivity index (χ3v) is 2.60. The molecule has 5 heteroatoms. The summed E-state index contributed by atoms with van der Waals surface area (Å²) in [5.41, 5.74) is 1.09. The second-order valence-electron chi connectivity index (χ2n) is 3.81. The van der Waals surface area contributed by atoms with Crippen molar-refractivity contribution in [3.05, 3.63) is 36.5 Å². The molecular formula is C12H17N5. The van der Waals surface area contributed by atoms with Crippen LogP contribution < -0.4 is 10.2 Å². The molecule has 2 N–H and O–H groups in total. The molecule has 0 unspecified atom stereocenters. The maximum absolute atomic E-state index is 4.53. The molecule has 0 aliphatic rings. The molecule has 0 saturated carbocycles. The molecule has 0 amide bonds. The normalized spacial score (nSPS) is 10.5. The number of nitrogens with one attached hydrogen (secondary N) is 2. The van der Waals surface area contributed by atoms with E-state index in [1.165, 1.54) is 0 Å². The average molecular weight is 231 g/mol. The van der Waals surface area contributed by atoms with Gasteiger partial charge in [0.15, 0.2) is 0 Å². The topological polar surface area (TPSA) is 56.8 Å². The van der Waals surface area contributed by atoms with Gasteiger partial charge in [-0.2, -0.15) is 0 Å². The van der Waals surface area contributed by atoms with Crippen LogP contribution in [0.3, 0.4) is 0 Å². The summed E-state index contributed by atoms with van der Waals surface area (Å²) < 4.78 is 0. The minimum absolute atomic E-state index is 0.839. The Morgan fingerprint density at radius 2 is 2.29 bits per heavy atom. The van der Waals surface area contributed by atoms with Gasteiger partial charge in [0.1, 0.15) is 11.6 Å². The maximum atomic E-state index is 4.53. The van der Waals surface area contributed by atoms with Crippen LogP contribution in [-0.4, -0.2) is 35.6 Å². The third-order valence-electron chi connectivity index (χ3n) is 2.60. The molecule has 2 aromatic heterocycles. The molecule has 2 heterocycles. The predicted octanol–water partition coefficient (Wildman–Crippen LogP) is 1.33. The van der Waals surface area contributed by atoms with Crippen LogP contribution in [0.15, 0.2) is 30.7 Å². The Hall–Kier alpha value is -1.88. The van der Waals surface area contributed by atoms with E-state index in [0.717, 1.165) is 30.3 Å². The summed E-state index contributed by atoms with van der Waals surface area (Å²) in [7, 11) is 3.92. The fraction of sp³-hybridized carbons (Fsp3) is 0.333. The maximum Gasteiger partial charge on any atom is 0.136 e. The Kier molecular flexibility index (Phi) is 3.72. The van der Waals surface area contributed by atoms with E-state index < -0.39 is 0 Å².